The summed E-state index contributed by atoms with van der Waals surface area (Å²) < 4.78 is 12.3. The van der Waals surface area contributed by atoms with Gasteiger partial charge in [-0.2, -0.15) is 3.89 Å². The maximum atomic E-state index is 12.3. The van der Waals surface area contributed by atoms with Gasteiger partial charge in [-0.1, -0.05) is 40.0 Å². The first-order valence-electron chi connectivity index (χ1n) is 5.03. The van der Waals surface area contributed by atoms with Crippen molar-refractivity contribution >= 4 is 12.1 Å². The zero-order chi connectivity index (χ0) is 9.40. The molecule has 2 heteroatoms. The lowest BCUT2D eigenvalue weighted by molar-refractivity contribution is 0.424. The van der Waals surface area contributed by atoms with Crippen LogP contribution in [-0.4, -0.2) is 5.25 Å². The maximum absolute atomic E-state index is 12.3. The van der Waals surface area contributed by atoms with Crippen LogP contribution in [0.25, 0.3) is 0 Å². The van der Waals surface area contributed by atoms with Crippen molar-refractivity contribution in [3.05, 3.63) is 0 Å². The van der Waals surface area contributed by atoms with E-state index in [1.165, 1.54) is 32.1 Å². The van der Waals surface area contributed by atoms with Crippen molar-refractivity contribution < 1.29 is 3.89 Å². The Labute approximate surface area is 80.6 Å². The molecular weight excluding hydrogens is 171 g/mol. The van der Waals surface area contributed by atoms with Crippen molar-refractivity contribution in [2.24, 2.45) is 5.92 Å². The van der Waals surface area contributed by atoms with Crippen LogP contribution < -0.4 is 0 Å². The molecule has 12 heavy (non-hydrogen) atoms. The van der Waals surface area contributed by atoms with E-state index in [0.717, 1.165) is 0 Å². The van der Waals surface area contributed by atoms with Crippen LogP contribution in [0.1, 0.15) is 52.9 Å². The summed E-state index contributed by atoms with van der Waals surface area (Å²) in [5, 5.41) is 0.191. The Morgan fingerprint density at radius 3 is 2.25 bits per heavy atom. The molecule has 0 rings (SSSR count). The lowest BCUT2D eigenvalue weighted by Crippen LogP contribution is -2.12. The summed E-state index contributed by atoms with van der Waals surface area (Å²) in [6.45, 7) is 6.37. The fourth-order valence-electron chi connectivity index (χ4n) is 1.52. The second-order valence-electron chi connectivity index (χ2n) is 3.49. The average Bonchev–Trinajstić information content (AvgIpc) is 2.11. The van der Waals surface area contributed by atoms with Crippen LogP contribution in [0.4, 0.5) is 3.89 Å². The topological polar surface area (TPSA) is 0 Å². The average molecular weight is 192 g/mol. The molecule has 0 aromatic carbocycles. The molecule has 0 aliphatic carbocycles. The van der Waals surface area contributed by atoms with Crippen LogP contribution in [0.3, 0.4) is 0 Å². The number of halogens is 1. The molecule has 0 fully saturated rings. The van der Waals surface area contributed by atoms with Gasteiger partial charge in [-0.15, -0.1) is 0 Å². The third kappa shape index (κ3) is 5.02. The Balaban J connectivity index is 3.68. The van der Waals surface area contributed by atoms with Gasteiger partial charge in [-0.05, 0) is 18.8 Å². The van der Waals surface area contributed by atoms with Gasteiger partial charge in [0, 0.05) is 17.4 Å². The molecule has 0 spiro atoms. The quantitative estimate of drug-likeness (QED) is 0.568. The Morgan fingerprint density at radius 1 is 1.17 bits per heavy atom. The number of hydrogen-bond donors (Lipinski definition) is 0. The first-order chi connectivity index (χ1) is 5.76. The molecule has 0 heterocycles. The van der Waals surface area contributed by atoms with Crippen LogP contribution in [0.5, 0.6) is 0 Å². The molecule has 0 amide bonds. The maximum Gasteiger partial charge on any atom is 0.0477 e. The highest BCUT2D eigenvalue weighted by atomic mass is 32.2. The van der Waals surface area contributed by atoms with Crippen molar-refractivity contribution in [1.82, 2.24) is 0 Å². The predicted octanol–water partition coefficient (Wildman–Crippen LogP) is 4.60. The smallest absolute Gasteiger partial charge is 0.0477 e. The lowest BCUT2D eigenvalue weighted by Gasteiger charge is -2.19. The second-order valence-corrected chi connectivity index (χ2v) is 4.41. The van der Waals surface area contributed by atoms with E-state index in [9.17, 15) is 3.89 Å². The van der Waals surface area contributed by atoms with Gasteiger partial charge >= 0.3 is 0 Å². The molecule has 0 radical (unpaired) electrons. The molecule has 0 bridgehead atoms. The van der Waals surface area contributed by atoms with Gasteiger partial charge in [0.1, 0.15) is 0 Å². The van der Waals surface area contributed by atoms with Crippen molar-refractivity contribution in [3.8, 4) is 0 Å². The molecule has 0 nitrogen and oxygen atoms in total. The molecule has 0 N–H and O–H groups in total. The highest BCUT2D eigenvalue weighted by Gasteiger charge is 2.16. The molecule has 2 atom stereocenters. The first-order valence-corrected chi connectivity index (χ1v) is 5.81. The van der Waals surface area contributed by atoms with Gasteiger partial charge in [-0.3, -0.25) is 0 Å². The fourth-order valence-corrected chi connectivity index (χ4v) is 1.94. The summed E-state index contributed by atoms with van der Waals surface area (Å²) in [6.07, 6.45) is 6.03. The normalized spacial score (nSPS) is 16.0. The SMILES string of the molecule is CCCCC(CCC)C(C)SF. The van der Waals surface area contributed by atoms with E-state index in [-0.39, 0.29) is 5.25 Å². The Kier molecular flexibility index (Phi) is 8.09. The molecule has 74 valence electrons. The van der Waals surface area contributed by atoms with E-state index in [4.69, 9.17) is 0 Å². The van der Waals surface area contributed by atoms with Crippen LogP contribution in [0.2, 0.25) is 0 Å². The number of unbranched alkanes of at least 4 members (excludes halogenated alkanes) is 1. The molecular formula is C10H21FS. The van der Waals surface area contributed by atoms with Crippen LogP contribution in [0, 0.1) is 5.92 Å². The summed E-state index contributed by atoms with van der Waals surface area (Å²) in [7, 11) is 0. The van der Waals surface area contributed by atoms with Crippen molar-refractivity contribution in [3.63, 3.8) is 0 Å². The van der Waals surface area contributed by atoms with Gasteiger partial charge in [0.05, 0.1) is 0 Å². The minimum Gasteiger partial charge on any atom is -0.165 e. The van der Waals surface area contributed by atoms with Crippen LogP contribution >= 0.6 is 12.1 Å². The molecule has 0 aliphatic rings. The highest BCUT2D eigenvalue weighted by molar-refractivity contribution is 7.94. The zero-order valence-electron chi connectivity index (χ0n) is 8.48. The Bertz CT molecular complexity index is 95.8. The minimum atomic E-state index is 0.191. The van der Waals surface area contributed by atoms with Gasteiger partial charge in [0.15, 0.2) is 0 Å². The molecule has 0 aromatic rings. The van der Waals surface area contributed by atoms with E-state index in [0.29, 0.717) is 18.1 Å². The van der Waals surface area contributed by atoms with Crippen LogP contribution in [-0.2, 0) is 0 Å². The summed E-state index contributed by atoms with van der Waals surface area (Å²) in [5.74, 6) is 0.588. The molecule has 0 aromatic heterocycles. The van der Waals surface area contributed by atoms with Gasteiger partial charge < -0.3 is 0 Å². The summed E-state index contributed by atoms with van der Waals surface area (Å²) in [5.41, 5.74) is 0. The van der Waals surface area contributed by atoms with Gasteiger partial charge in [-0.25, -0.2) is 0 Å². The molecule has 0 aliphatic heterocycles. The van der Waals surface area contributed by atoms with Crippen molar-refractivity contribution in [1.29, 1.82) is 0 Å². The van der Waals surface area contributed by atoms with Gasteiger partial charge in [0.25, 0.3) is 0 Å². The van der Waals surface area contributed by atoms with Gasteiger partial charge in [0.2, 0.25) is 0 Å². The third-order valence-electron chi connectivity index (χ3n) is 2.39. The molecule has 2 unspecified atom stereocenters. The number of rotatable bonds is 7. The largest absolute Gasteiger partial charge is 0.165 e. The standard InChI is InChI=1S/C10H21FS/c1-4-6-8-10(7-5-2)9(3)12-11/h9-10H,4-8H2,1-3H3. The van der Waals surface area contributed by atoms with Crippen molar-refractivity contribution in [2.45, 2.75) is 58.1 Å². The van der Waals surface area contributed by atoms with E-state index in [2.05, 4.69) is 13.8 Å². The first kappa shape index (κ1) is 12.3. The third-order valence-corrected chi connectivity index (χ3v) is 3.06. The zero-order valence-corrected chi connectivity index (χ0v) is 9.29. The summed E-state index contributed by atoms with van der Waals surface area (Å²) >= 11 is 0.523. The Morgan fingerprint density at radius 2 is 1.83 bits per heavy atom. The lowest BCUT2D eigenvalue weighted by atomic mass is 9.94. The highest BCUT2D eigenvalue weighted by Crippen LogP contribution is 2.28. The summed E-state index contributed by atoms with van der Waals surface area (Å²) in [6, 6.07) is 0. The molecule has 0 saturated heterocycles. The van der Waals surface area contributed by atoms with E-state index >= 15 is 0 Å². The van der Waals surface area contributed by atoms with E-state index in [1.54, 1.807) is 0 Å². The van der Waals surface area contributed by atoms with E-state index < -0.39 is 0 Å². The monoisotopic (exact) mass is 192 g/mol. The summed E-state index contributed by atoms with van der Waals surface area (Å²) in [4.78, 5) is 0. The van der Waals surface area contributed by atoms with E-state index in [1.807, 2.05) is 6.92 Å². The molecule has 0 saturated carbocycles. The predicted molar refractivity (Wildman–Crippen MR) is 56.1 cm³/mol. The fraction of sp³-hybridized carbons (Fsp3) is 1.00. The van der Waals surface area contributed by atoms with Crippen molar-refractivity contribution in [2.75, 3.05) is 0 Å². The minimum absolute atomic E-state index is 0.191. The second kappa shape index (κ2) is 7.90. The van der Waals surface area contributed by atoms with Crippen LogP contribution in [0.15, 0.2) is 0 Å². The Hall–Kier alpha value is 0.280. The number of hydrogen-bond acceptors (Lipinski definition) is 1.